The van der Waals surface area contributed by atoms with Crippen LogP contribution in [-0.4, -0.2) is 5.11 Å². The molecule has 2 aromatic carbocycles. The monoisotopic (exact) mass is 264 g/mol. The van der Waals surface area contributed by atoms with Crippen LogP contribution in [-0.2, 0) is 0 Å². The number of rotatable bonds is 3. The molecule has 1 unspecified atom stereocenters. The third kappa shape index (κ3) is 2.51. The third-order valence-corrected chi connectivity index (χ3v) is 3.32. The highest BCUT2D eigenvalue weighted by atomic mass is 16.4. The number of hydrogen-bond acceptors (Lipinski definition) is 2. The second-order valence-corrected chi connectivity index (χ2v) is 4.82. The quantitative estimate of drug-likeness (QED) is 0.746. The first-order valence-corrected chi connectivity index (χ1v) is 6.68. The largest absolute Gasteiger partial charge is 0.458 e. The van der Waals surface area contributed by atoms with Crippen molar-refractivity contribution in [2.45, 2.75) is 13.0 Å². The van der Waals surface area contributed by atoms with E-state index in [1.54, 1.807) is 6.92 Å². The number of hydrogen-bond donors (Lipinski definition) is 1. The Morgan fingerprint density at radius 1 is 0.750 bits per heavy atom. The summed E-state index contributed by atoms with van der Waals surface area (Å²) in [6.45, 7) is 1.70. The van der Waals surface area contributed by atoms with Crippen LogP contribution >= 0.6 is 0 Å². The molecular weight excluding hydrogens is 248 g/mol. The summed E-state index contributed by atoms with van der Waals surface area (Å²) in [7, 11) is 0. The van der Waals surface area contributed by atoms with Crippen LogP contribution in [0.3, 0.4) is 0 Å². The molecular formula is C18H16O2. The number of aliphatic hydroxyl groups excluding tert-OH is 1. The van der Waals surface area contributed by atoms with Crippen molar-refractivity contribution in [2.75, 3.05) is 0 Å². The lowest BCUT2D eigenvalue weighted by atomic mass is 10.0. The van der Waals surface area contributed by atoms with Gasteiger partial charge in [-0.1, -0.05) is 54.6 Å². The highest BCUT2D eigenvalue weighted by molar-refractivity contribution is 5.68. The van der Waals surface area contributed by atoms with Crippen molar-refractivity contribution in [3.8, 4) is 22.5 Å². The normalized spacial score (nSPS) is 12.3. The molecule has 1 N–H and O–H groups in total. The van der Waals surface area contributed by atoms with Crippen molar-refractivity contribution >= 4 is 0 Å². The lowest BCUT2D eigenvalue weighted by Gasteiger charge is -2.03. The molecule has 0 aliphatic rings. The lowest BCUT2D eigenvalue weighted by Crippen LogP contribution is -1.85. The minimum Gasteiger partial charge on any atom is -0.458 e. The van der Waals surface area contributed by atoms with Crippen LogP contribution in [0.15, 0.2) is 71.1 Å². The summed E-state index contributed by atoms with van der Waals surface area (Å²) in [6.07, 6.45) is -0.577. The fourth-order valence-corrected chi connectivity index (χ4v) is 2.19. The smallest absolute Gasteiger partial charge is 0.134 e. The molecule has 100 valence electrons. The van der Waals surface area contributed by atoms with Gasteiger partial charge in [0.15, 0.2) is 0 Å². The molecule has 0 amide bonds. The highest BCUT2D eigenvalue weighted by Gasteiger charge is 2.08. The van der Waals surface area contributed by atoms with Gasteiger partial charge in [0.2, 0.25) is 0 Å². The Labute approximate surface area is 118 Å². The van der Waals surface area contributed by atoms with E-state index in [-0.39, 0.29) is 0 Å². The van der Waals surface area contributed by atoms with Gasteiger partial charge in [0.1, 0.15) is 17.6 Å². The molecule has 2 heteroatoms. The van der Waals surface area contributed by atoms with Gasteiger partial charge in [-0.25, -0.2) is 0 Å². The van der Waals surface area contributed by atoms with Gasteiger partial charge in [-0.05, 0) is 30.2 Å². The molecule has 1 heterocycles. The molecule has 0 saturated carbocycles. The van der Waals surface area contributed by atoms with E-state index in [0.29, 0.717) is 5.76 Å². The van der Waals surface area contributed by atoms with E-state index in [1.807, 2.05) is 42.5 Å². The van der Waals surface area contributed by atoms with E-state index in [1.165, 1.54) is 11.1 Å². The zero-order valence-electron chi connectivity index (χ0n) is 11.3. The lowest BCUT2D eigenvalue weighted by molar-refractivity contribution is 0.170. The minimum absolute atomic E-state index is 0.577. The first-order chi connectivity index (χ1) is 9.74. The molecule has 0 bridgehead atoms. The Morgan fingerprint density at radius 3 is 1.95 bits per heavy atom. The summed E-state index contributed by atoms with van der Waals surface area (Å²) < 4.78 is 5.63. The van der Waals surface area contributed by atoms with E-state index < -0.39 is 6.10 Å². The fraction of sp³-hybridized carbons (Fsp3) is 0.111. The van der Waals surface area contributed by atoms with Gasteiger partial charge >= 0.3 is 0 Å². The summed E-state index contributed by atoms with van der Waals surface area (Å²) >= 11 is 0. The first kappa shape index (κ1) is 12.7. The van der Waals surface area contributed by atoms with Crippen molar-refractivity contribution < 1.29 is 9.52 Å². The maximum absolute atomic E-state index is 9.48. The van der Waals surface area contributed by atoms with Crippen LogP contribution < -0.4 is 0 Å². The van der Waals surface area contributed by atoms with Crippen molar-refractivity contribution in [3.05, 3.63) is 72.5 Å². The summed E-state index contributed by atoms with van der Waals surface area (Å²) in [6, 6.07) is 22.2. The molecule has 0 spiro atoms. The van der Waals surface area contributed by atoms with Crippen molar-refractivity contribution in [3.63, 3.8) is 0 Å². The third-order valence-electron chi connectivity index (χ3n) is 3.32. The number of aliphatic hydroxyl groups is 1. The average molecular weight is 264 g/mol. The van der Waals surface area contributed by atoms with E-state index >= 15 is 0 Å². The predicted octanol–water partition coefficient (Wildman–Crippen LogP) is 4.67. The number of benzene rings is 2. The topological polar surface area (TPSA) is 33.4 Å². The van der Waals surface area contributed by atoms with Gasteiger partial charge in [0.05, 0.1) is 0 Å². The predicted molar refractivity (Wildman–Crippen MR) is 80.2 cm³/mol. The van der Waals surface area contributed by atoms with Gasteiger partial charge in [0.25, 0.3) is 0 Å². The Morgan fingerprint density at radius 2 is 1.35 bits per heavy atom. The molecule has 3 rings (SSSR count). The summed E-state index contributed by atoms with van der Waals surface area (Å²) in [5.41, 5.74) is 3.39. The van der Waals surface area contributed by atoms with Crippen LogP contribution in [0.1, 0.15) is 18.8 Å². The number of furan rings is 1. The minimum atomic E-state index is -0.577. The maximum Gasteiger partial charge on any atom is 0.134 e. The molecule has 1 atom stereocenters. The summed E-state index contributed by atoms with van der Waals surface area (Å²) in [5.74, 6) is 1.37. The van der Waals surface area contributed by atoms with Crippen LogP contribution in [0.4, 0.5) is 0 Å². The summed E-state index contributed by atoms with van der Waals surface area (Å²) in [4.78, 5) is 0. The Balaban J connectivity index is 1.89. The standard InChI is InChI=1S/C18H16O2/c1-13(19)17-11-12-18(20-17)16-9-7-15(8-10-16)14-5-3-2-4-6-14/h2-13,19H,1H3. The molecule has 20 heavy (non-hydrogen) atoms. The zero-order valence-corrected chi connectivity index (χ0v) is 11.3. The van der Waals surface area contributed by atoms with Gasteiger partial charge in [-0.2, -0.15) is 0 Å². The molecule has 0 fully saturated rings. The van der Waals surface area contributed by atoms with E-state index in [4.69, 9.17) is 4.42 Å². The van der Waals surface area contributed by atoms with E-state index in [9.17, 15) is 5.11 Å². The highest BCUT2D eigenvalue weighted by Crippen LogP contribution is 2.27. The molecule has 0 saturated heterocycles. The van der Waals surface area contributed by atoms with Crippen LogP contribution in [0, 0.1) is 0 Å². The van der Waals surface area contributed by atoms with Gasteiger partial charge in [-0.3, -0.25) is 0 Å². The van der Waals surface area contributed by atoms with Gasteiger partial charge in [0, 0.05) is 5.56 Å². The SMILES string of the molecule is CC(O)c1ccc(-c2ccc(-c3ccccc3)cc2)o1. The molecule has 0 aliphatic carbocycles. The Bertz CT molecular complexity index is 679. The van der Waals surface area contributed by atoms with Crippen LogP contribution in [0.2, 0.25) is 0 Å². The van der Waals surface area contributed by atoms with Crippen LogP contribution in [0.25, 0.3) is 22.5 Å². The van der Waals surface area contributed by atoms with Crippen molar-refractivity contribution in [1.82, 2.24) is 0 Å². The second kappa shape index (κ2) is 5.35. The van der Waals surface area contributed by atoms with Crippen molar-refractivity contribution in [2.24, 2.45) is 0 Å². The van der Waals surface area contributed by atoms with Crippen molar-refractivity contribution in [1.29, 1.82) is 0 Å². The maximum atomic E-state index is 9.48. The van der Waals surface area contributed by atoms with Gasteiger partial charge in [-0.15, -0.1) is 0 Å². The first-order valence-electron chi connectivity index (χ1n) is 6.68. The Kier molecular flexibility index (Phi) is 3.40. The second-order valence-electron chi connectivity index (χ2n) is 4.82. The van der Waals surface area contributed by atoms with Gasteiger partial charge < -0.3 is 9.52 Å². The Hall–Kier alpha value is -2.32. The van der Waals surface area contributed by atoms with E-state index in [2.05, 4.69) is 24.3 Å². The summed E-state index contributed by atoms with van der Waals surface area (Å²) in [5, 5.41) is 9.48. The molecule has 0 radical (unpaired) electrons. The van der Waals surface area contributed by atoms with E-state index in [0.717, 1.165) is 11.3 Å². The molecule has 2 nitrogen and oxygen atoms in total. The molecule has 1 aromatic heterocycles. The molecule has 3 aromatic rings. The fourth-order valence-electron chi connectivity index (χ4n) is 2.19. The average Bonchev–Trinajstić information content (AvgIpc) is 2.98. The van der Waals surface area contributed by atoms with Crippen LogP contribution in [0.5, 0.6) is 0 Å². The molecule has 0 aliphatic heterocycles. The zero-order chi connectivity index (χ0) is 13.9.